The molecule has 2 rings (SSSR count). The molecule has 0 unspecified atom stereocenters. The molecule has 0 bridgehead atoms. The van der Waals surface area contributed by atoms with Crippen LogP contribution < -0.4 is 31.9 Å². The van der Waals surface area contributed by atoms with Gasteiger partial charge in [0.15, 0.2) is 0 Å². The van der Waals surface area contributed by atoms with E-state index in [9.17, 15) is 28.5 Å². The van der Waals surface area contributed by atoms with Gasteiger partial charge in [-0.1, -0.05) is 26.0 Å². The Balaban J connectivity index is 2.20. The van der Waals surface area contributed by atoms with Gasteiger partial charge in [-0.05, 0) is 23.6 Å². The van der Waals surface area contributed by atoms with E-state index < -0.39 is 79.5 Å². The van der Waals surface area contributed by atoms with Gasteiger partial charge in [-0.25, -0.2) is 4.57 Å². The summed E-state index contributed by atoms with van der Waals surface area (Å²) in [5, 5.41) is 7.41. The summed E-state index contributed by atoms with van der Waals surface area (Å²) in [6, 6.07) is 3.09. The molecule has 0 aromatic heterocycles. The molecule has 9 N–H and O–H groups in total. The van der Waals surface area contributed by atoms with Gasteiger partial charge < -0.3 is 31.9 Å². The SMILES string of the molecule is CNC(=O)[C@H]1[C@H](C(=O)N[C@H](C(=O)N[C@@H](CC(N)=O)C(N)=O)C(C)C)[C@H]1c1ccc(OP(=O)(O)O)cc1. The van der Waals surface area contributed by atoms with Crippen LogP contribution in [0.3, 0.4) is 0 Å². The summed E-state index contributed by atoms with van der Waals surface area (Å²) < 4.78 is 15.5. The first-order chi connectivity index (χ1) is 16.7. The molecule has 14 nitrogen and oxygen atoms in total. The summed E-state index contributed by atoms with van der Waals surface area (Å²) in [5.41, 5.74) is 10.8. The molecule has 1 aliphatic rings. The third-order valence-electron chi connectivity index (χ3n) is 5.67. The minimum absolute atomic E-state index is 0.0956. The Morgan fingerprint density at radius 3 is 2.00 bits per heavy atom. The van der Waals surface area contributed by atoms with E-state index in [1.165, 1.54) is 31.3 Å². The molecule has 198 valence electrons. The molecule has 0 aliphatic heterocycles. The molecular formula is C21H30N5O9P. The van der Waals surface area contributed by atoms with Gasteiger partial charge in [-0.15, -0.1) is 0 Å². The average Bonchev–Trinajstić information content (AvgIpc) is 3.50. The summed E-state index contributed by atoms with van der Waals surface area (Å²) in [6.07, 6.45) is -0.509. The van der Waals surface area contributed by atoms with Crippen molar-refractivity contribution in [2.24, 2.45) is 29.2 Å². The van der Waals surface area contributed by atoms with Crippen molar-refractivity contribution in [1.82, 2.24) is 16.0 Å². The van der Waals surface area contributed by atoms with Crippen LogP contribution in [-0.2, 0) is 28.5 Å². The van der Waals surface area contributed by atoms with Gasteiger partial charge in [0, 0.05) is 13.0 Å². The Bertz CT molecular complexity index is 1070. The van der Waals surface area contributed by atoms with Crippen molar-refractivity contribution in [3.63, 3.8) is 0 Å². The van der Waals surface area contributed by atoms with E-state index in [-0.39, 0.29) is 5.75 Å². The first kappa shape index (κ1) is 28.8. The van der Waals surface area contributed by atoms with Crippen LogP contribution in [0.4, 0.5) is 0 Å². The topological polar surface area (TPSA) is 240 Å². The van der Waals surface area contributed by atoms with Gasteiger partial charge in [0.1, 0.15) is 17.8 Å². The molecule has 5 amide bonds. The number of phosphoric acid groups is 1. The van der Waals surface area contributed by atoms with Crippen molar-refractivity contribution < 1.29 is 42.8 Å². The van der Waals surface area contributed by atoms with Crippen molar-refractivity contribution in [2.45, 2.75) is 38.3 Å². The highest BCUT2D eigenvalue weighted by molar-refractivity contribution is 7.46. The molecule has 1 aromatic rings. The van der Waals surface area contributed by atoms with Gasteiger partial charge in [-0.3, -0.25) is 33.8 Å². The largest absolute Gasteiger partial charge is 0.524 e. The van der Waals surface area contributed by atoms with Gasteiger partial charge >= 0.3 is 7.82 Å². The molecule has 5 atom stereocenters. The third-order valence-corrected chi connectivity index (χ3v) is 6.12. The van der Waals surface area contributed by atoms with Crippen LogP contribution in [0.5, 0.6) is 5.75 Å². The number of hydrogen-bond acceptors (Lipinski definition) is 7. The second kappa shape index (κ2) is 11.5. The van der Waals surface area contributed by atoms with Crippen LogP contribution in [-0.4, -0.2) is 58.5 Å². The van der Waals surface area contributed by atoms with Crippen LogP contribution in [0.1, 0.15) is 31.7 Å². The van der Waals surface area contributed by atoms with E-state index in [4.69, 9.17) is 21.3 Å². The molecular weight excluding hydrogens is 497 g/mol. The fraction of sp³-hybridized carbons (Fsp3) is 0.476. The second-order valence-corrected chi connectivity index (χ2v) is 9.87. The van der Waals surface area contributed by atoms with Gasteiger partial charge in [0.05, 0.1) is 18.3 Å². The van der Waals surface area contributed by atoms with Crippen LogP contribution in [0.15, 0.2) is 24.3 Å². The highest BCUT2D eigenvalue weighted by Gasteiger charge is 2.59. The normalized spacial score (nSPS) is 20.6. The number of phosphoric ester groups is 1. The van der Waals surface area contributed by atoms with Gasteiger partial charge in [0.2, 0.25) is 29.5 Å². The number of nitrogens with two attached hydrogens (primary N) is 2. The van der Waals surface area contributed by atoms with Gasteiger partial charge in [-0.2, -0.15) is 0 Å². The summed E-state index contributed by atoms with van der Waals surface area (Å²) in [6.45, 7) is 3.30. The predicted octanol–water partition coefficient (Wildman–Crippen LogP) is -1.78. The minimum atomic E-state index is -4.75. The summed E-state index contributed by atoms with van der Waals surface area (Å²) >= 11 is 0. The zero-order chi connectivity index (χ0) is 27.4. The molecule has 1 saturated carbocycles. The van der Waals surface area contributed by atoms with E-state index in [0.29, 0.717) is 5.56 Å². The molecule has 0 spiro atoms. The monoisotopic (exact) mass is 527 g/mol. The average molecular weight is 527 g/mol. The maximum absolute atomic E-state index is 13.1. The minimum Gasteiger partial charge on any atom is -0.404 e. The van der Waals surface area contributed by atoms with Crippen LogP contribution in [0, 0.1) is 17.8 Å². The van der Waals surface area contributed by atoms with E-state index in [0.717, 1.165) is 0 Å². The number of nitrogens with one attached hydrogen (secondary N) is 3. The third kappa shape index (κ3) is 7.51. The molecule has 1 aromatic carbocycles. The van der Waals surface area contributed by atoms with Crippen molar-refractivity contribution in [3.05, 3.63) is 29.8 Å². The first-order valence-corrected chi connectivity index (χ1v) is 12.4. The standard InChI is InChI=1S/C21H30N5O9P/c1-9(2)17(21(31)25-12(18(23)28)8-13(22)27)26-20(30)16-14(15(16)19(29)24-3)10-4-6-11(7-5-10)35-36(32,33)34/h4-7,9,12,14-17H,8H2,1-3H3,(H2,22,27)(H2,23,28)(H,24,29)(H,25,31)(H,26,30)(H2,32,33,34)/t12-,14-,15+,16+,17-/m0/s1. The van der Waals surface area contributed by atoms with Crippen LogP contribution >= 0.6 is 7.82 Å². The van der Waals surface area contributed by atoms with Crippen LogP contribution in [0.25, 0.3) is 0 Å². The molecule has 0 saturated heterocycles. The zero-order valence-corrected chi connectivity index (χ0v) is 20.7. The molecule has 0 radical (unpaired) electrons. The smallest absolute Gasteiger partial charge is 0.404 e. The number of amides is 5. The van der Waals surface area contributed by atoms with E-state index >= 15 is 0 Å². The van der Waals surface area contributed by atoms with Crippen molar-refractivity contribution in [2.75, 3.05) is 7.05 Å². The Morgan fingerprint density at radius 2 is 1.56 bits per heavy atom. The zero-order valence-electron chi connectivity index (χ0n) is 19.8. The first-order valence-electron chi connectivity index (χ1n) is 10.9. The fourth-order valence-electron chi connectivity index (χ4n) is 3.90. The molecule has 1 fully saturated rings. The quantitative estimate of drug-likeness (QED) is 0.152. The summed E-state index contributed by atoms with van der Waals surface area (Å²) in [5.74, 6) is -6.27. The Kier molecular flexibility index (Phi) is 9.19. The second-order valence-electron chi connectivity index (χ2n) is 8.71. The molecule has 0 heterocycles. The molecule has 36 heavy (non-hydrogen) atoms. The van der Waals surface area contributed by atoms with Crippen molar-refractivity contribution in [1.29, 1.82) is 0 Å². The van der Waals surface area contributed by atoms with Crippen molar-refractivity contribution in [3.8, 4) is 5.75 Å². The lowest BCUT2D eigenvalue weighted by Gasteiger charge is -2.24. The van der Waals surface area contributed by atoms with Crippen LogP contribution in [0.2, 0.25) is 0 Å². The Labute approximate surface area is 206 Å². The fourth-order valence-corrected chi connectivity index (χ4v) is 4.30. The number of rotatable bonds is 12. The lowest BCUT2D eigenvalue weighted by atomic mass is 10.0. The summed E-state index contributed by atoms with van der Waals surface area (Å²) in [4.78, 5) is 78.9. The predicted molar refractivity (Wildman–Crippen MR) is 125 cm³/mol. The van der Waals surface area contributed by atoms with E-state index in [2.05, 4.69) is 20.5 Å². The number of carbonyl (C=O) groups excluding carboxylic acids is 5. The molecule has 1 aliphatic carbocycles. The number of primary amides is 2. The van der Waals surface area contributed by atoms with E-state index in [1.54, 1.807) is 13.8 Å². The highest BCUT2D eigenvalue weighted by Crippen LogP contribution is 2.54. The van der Waals surface area contributed by atoms with Gasteiger partial charge in [0.25, 0.3) is 0 Å². The Hall–Kier alpha value is -3.48. The maximum atomic E-state index is 13.1. The number of hydrogen-bond donors (Lipinski definition) is 7. The highest BCUT2D eigenvalue weighted by atomic mass is 31.2. The molecule has 15 heteroatoms. The summed E-state index contributed by atoms with van der Waals surface area (Å²) in [7, 11) is -3.34. The number of benzene rings is 1. The Morgan fingerprint density at radius 1 is 1.00 bits per heavy atom. The lowest BCUT2D eigenvalue weighted by Crippen LogP contribution is -2.55. The van der Waals surface area contributed by atoms with E-state index in [1.807, 2.05) is 0 Å². The maximum Gasteiger partial charge on any atom is 0.524 e. The lowest BCUT2D eigenvalue weighted by molar-refractivity contribution is -0.134. The van der Waals surface area contributed by atoms with Crippen molar-refractivity contribution >= 4 is 37.4 Å². The number of carbonyl (C=O) groups is 5.